The second-order valence-electron chi connectivity index (χ2n) is 7.02. The summed E-state index contributed by atoms with van der Waals surface area (Å²) in [5.41, 5.74) is 2.60. The standard InChI is InChI=1S/C25H19Cl2N3O3/c1-16-3-2-4-20(11-16)29-25(32)18(14-28)12-17-5-8-21(9-6-17)33-15-24(31)30-23-13-19(26)7-10-22(23)27/h2-13H,15H2,1H3,(H,29,32)(H,30,31)/b18-12+. The average Bonchev–Trinajstić information content (AvgIpc) is 2.79. The van der Waals surface area contributed by atoms with Crippen molar-refractivity contribution in [3.63, 3.8) is 0 Å². The first-order chi connectivity index (χ1) is 15.8. The Morgan fingerprint density at radius 2 is 1.79 bits per heavy atom. The molecule has 0 bridgehead atoms. The van der Waals surface area contributed by atoms with Gasteiger partial charge in [-0.25, -0.2) is 0 Å². The van der Waals surface area contributed by atoms with Crippen LogP contribution in [-0.4, -0.2) is 18.4 Å². The maximum Gasteiger partial charge on any atom is 0.266 e. The zero-order valence-electron chi connectivity index (χ0n) is 17.6. The van der Waals surface area contributed by atoms with E-state index in [0.29, 0.717) is 32.7 Å². The topological polar surface area (TPSA) is 91.2 Å². The molecule has 0 aliphatic rings. The van der Waals surface area contributed by atoms with E-state index in [9.17, 15) is 14.9 Å². The van der Waals surface area contributed by atoms with Gasteiger partial charge in [-0.05, 0) is 66.6 Å². The predicted octanol–water partition coefficient (Wildman–Crippen LogP) is 5.87. The van der Waals surface area contributed by atoms with Crippen molar-refractivity contribution < 1.29 is 14.3 Å². The molecule has 0 saturated heterocycles. The van der Waals surface area contributed by atoms with E-state index in [0.717, 1.165) is 5.56 Å². The van der Waals surface area contributed by atoms with E-state index in [-0.39, 0.29) is 12.2 Å². The lowest BCUT2D eigenvalue weighted by Gasteiger charge is -2.09. The molecule has 0 unspecified atom stereocenters. The zero-order valence-corrected chi connectivity index (χ0v) is 19.1. The van der Waals surface area contributed by atoms with E-state index >= 15 is 0 Å². The number of hydrogen-bond donors (Lipinski definition) is 2. The summed E-state index contributed by atoms with van der Waals surface area (Å²) in [5.74, 6) is -0.454. The van der Waals surface area contributed by atoms with Gasteiger partial charge in [0.05, 0.1) is 10.7 Å². The highest BCUT2D eigenvalue weighted by Gasteiger charge is 2.10. The number of carbonyl (C=O) groups is 2. The predicted molar refractivity (Wildman–Crippen MR) is 130 cm³/mol. The molecule has 0 heterocycles. The van der Waals surface area contributed by atoms with Crippen molar-refractivity contribution in [1.82, 2.24) is 0 Å². The molecule has 6 nitrogen and oxygen atoms in total. The molecule has 8 heteroatoms. The molecule has 0 saturated carbocycles. The Kier molecular flexibility index (Phi) is 8.09. The molecular weight excluding hydrogens is 461 g/mol. The fourth-order valence-electron chi connectivity index (χ4n) is 2.83. The van der Waals surface area contributed by atoms with Gasteiger partial charge in [-0.15, -0.1) is 0 Å². The molecule has 3 aromatic carbocycles. The van der Waals surface area contributed by atoms with Crippen molar-refractivity contribution in [1.29, 1.82) is 5.26 Å². The lowest BCUT2D eigenvalue weighted by molar-refractivity contribution is -0.118. The molecule has 3 rings (SSSR count). The van der Waals surface area contributed by atoms with Crippen molar-refractivity contribution in [2.75, 3.05) is 17.2 Å². The van der Waals surface area contributed by atoms with Crippen LogP contribution in [0, 0.1) is 18.3 Å². The number of hydrogen-bond acceptors (Lipinski definition) is 4. The first kappa shape index (κ1) is 23.9. The molecule has 0 radical (unpaired) electrons. The smallest absolute Gasteiger partial charge is 0.266 e. The summed E-state index contributed by atoms with van der Waals surface area (Å²) in [5, 5.41) is 15.5. The van der Waals surface area contributed by atoms with Crippen molar-refractivity contribution in [3.8, 4) is 11.8 Å². The van der Waals surface area contributed by atoms with Crippen molar-refractivity contribution in [3.05, 3.63) is 93.5 Å². The first-order valence-electron chi connectivity index (χ1n) is 9.81. The molecule has 0 aliphatic heterocycles. The Labute approximate surface area is 201 Å². The minimum atomic E-state index is -0.500. The maximum atomic E-state index is 12.4. The number of nitrogens with zero attached hydrogens (tertiary/aromatic N) is 1. The molecule has 3 aromatic rings. The van der Waals surface area contributed by atoms with Crippen LogP contribution in [0.5, 0.6) is 5.75 Å². The van der Waals surface area contributed by atoms with Gasteiger partial charge in [0, 0.05) is 10.7 Å². The molecule has 33 heavy (non-hydrogen) atoms. The van der Waals surface area contributed by atoms with Gasteiger partial charge >= 0.3 is 0 Å². The lowest BCUT2D eigenvalue weighted by Crippen LogP contribution is -2.20. The number of nitrogens with one attached hydrogen (secondary N) is 2. The molecule has 166 valence electrons. The highest BCUT2D eigenvalue weighted by atomic mass is 35.5. The van der Waals surface area contributed by atoms with E-state index < -0.39 is 11.8 Å². The summed E-state index contributed by atoms with van der Waals surface area (Å²) in [6, 6.07) is 20.6. The van der Waals surface area contributed by atoms with E-state index in [1.807, 2.05) is 31.2 Å². The second kappa shape index (κ2) is 11.2. The summed E-state index contributed by atoms with van der Waals surface area (Å²) in [7, 11) is 0. The number of nitriles is 1. The maximum absolute atomic E-state index is 12.4. The number of carbonyl (C=O) groups excluding carboxylic acids is 2. The number of aryl methyl sites for hydroxylation is 1. The highest BCUT2D eigenvalue weighted by molar-refractivity contribution is 6.35. The minimum absolute atomic E-state index is 0.0389. The number of amides is 2. The molecule has 0 spiro atoms. The Balaban J connectivity index is 1.58. The van der Waals surface area contributed by atoms with Crippen LogP contribution in [0.2, 0.25) is 10.0 Å². The highest BCUT2D eigenvalue weighted by Crippen LogP contribution is 2.25. The third-order valence-corrected chi connectivity index (χ3v) is 4.97. The number of ether oxygens (including phenoxy) is 1. The third-order valence-electron chi connectivity index (χ3n) is 4.40. The molecule has 0 fully saturated rings. The van der Waals surface area contributed by atoms with Crippen molar-refractivity contribution in [2.45, 2.75) is 6.92 Å². The normalized spacial score (nSPS) is 10.8. The lowest BCUT2D eigenvalue weighted by atomic mass is 10.1. The summed E-state index contributed by atoms with van der Waals surface area (Å²) in [4.78, 5) is 24.5. The van der Waals surface area contributed by atoms with Crippen molar-refractivity contribution in [2.24, 2.45) is 0 Å². The van der Waals surface area contributed by atoms with Crippen LogP contribution in [0.4, 0.5) is 11.4 Å². The summed E-state index contributed by atoms with van der Waals surface area (Å²) < 4.78 is 5.48. The van der Waals surface area contributed by atoms with Crippen LogP contribution in [-0.2, 0) is 9.59 Å². The SMILES string of the molecule is Cc1cccc(NC(=O)/C(C#N)=C/c2ccc(OCC(=O)Nc3cc(Cl)ccc3Cl)cc2)c1. The van der Waals surface area contributed by atoms with E-state index in [2.05, 4.69) is 10.6 Å². The number of anilines is 2. The van der Waals surface area contributed by atoms with Crippen LogP contribution in [0.15, 0.2) is 72.3 Å². The zero-order chi connectivity index (χ0) is 23.8. The van der Waals surface area contributed by atoms with Gasteiger partial charge in [0.15, 0.2) is 6.61 Å². The molecular formula is C25H19Cl2N3O3. The monoisotopic (exact) mass is 479 g/mol. The van der Waals surface area contributed by atoms with Crippen LogP contribution < -0.4 is 15.4 Å². The molecule has 0 aromatic heterocycles. The summed E-state index contributed by atoms with van der Waals surface area (Å²) >= 11 is 11.9. The Morgan fingerprint density at radius 1 is 1.03 bits per heavy atom. The molecule has 2 N–H and O–H groups in total. The largest absolute Gasteiger partial charge is 0.484 e. The van der Waals surface area contributed by atoms with Gasteiger partial charge in [-0.1, -0.05) is 47.5 Å². The van der Waals surface area contributed by atoms with Gasteiger partial charge in [0.2, 0.25) is 0 Å². The molecule has 2 amide bonds. The Morgan fingerprint density at radius 3 is 2.48 bits per heavy atom. The number of rotatable bonds is 7. The first-order valence-corrected chi connectivity index (χ1v) is 10.6. The van der Waals surface area contributed by atoms with E-state index in [4.69, 9.17) is 27.9 Å². The molecule has 0 aliphatic carbocycles. The van der Waals surface area contributed by atoms with Crippen LogP contribution in [0.3, 0.4) is 0 Å². The average molecular weight is 480 g/mol. The quantitative estimate of drug-likeness (QED) is 0.327. The minimum Gasteiger partial charge on any atom is -0.484 e. The van der Waals surface area contributed by atoms with Gasteiger partial charge in [0.25, 0.3) is 11.8 Å². The van der Waals surface area contributed by atoms with E-state index in [1.165, 1.54) is 6.08 Å². The third kappa shape index (κ3) is 7.11. The van der Waals surface area contributed by atoms with Gasteiger partial charge in [0.1, 0.15) is 17.4 Å². The van der Waals surface area contributed by atoms with Gasteiger partial charge in [-0.3, -0.25) is 9.59 Å². The van der Waals surface area contributed by atoms with Gasteiger partial charge in [-0.2, -0.15) is 5.26 Å². The van der Waals surface area contributed by atoms with Crippen LogP contribution >= 0.6 is 23.2 Å². The second-order valence-corrected chi connectivity index (χ2v) is 7.87. The fraction of sp³-hybridized carbons (Fsp3) is 0.0800. The number of benzene rings is 3. The molecule has 0 atom stereocenters. The van der Waals surface area contributed by atoms with Crippen LogP contribution in [0.25, 0.3) is 6.08 Å². The fourth-order valence-corrected chi connectivity index (χ4v) is 3.16. The van der Waals surface area contributed by atoms with Crippen LogP contribution in [0.1, 0.15) is 11.1 Å². The summed E-state index contributed by atoms with van der Waals surface area (Å²) in [6.45, 7) is 1.68. The van der Waals surface area contributed by atoms with Gasteiger partial charge < -0.3 is 15.4 Å². The summed E-state index contributed by atoms with van der Waals surface area (Å²) in [6.07, 6.45) is 1.47. The Hall–Kier alpha value is -3.79. The van der Waals surface area contributed by atoms with E-state index in [1.54, 1.807) is 48.5 Å². The number of halogens is 2. The van der Waals surface area contributed by atoms with Crippen molar-refractivity contribution >= 4 is 52.5 Å². The Bertz CT molecular complexity index is 1250.